The van der Waals surface area contributed by atoms with E-state index >= 15 is 0 Å². The van der Waals surface area contributed by atoms with Gasteiger partial charge in [-0.2, -0.15) is 5.10 Å². The van der Waals surface area contributed by atoms with Crippen molar-refractivity contribution in [2.24, 2.45) is 0 Å². The van der Waals surface area contributed by atoms with E-state index in [0.29, 0.717) is 0 Å². The first-order chi connectivity index (χ1) is 15.5. The second-order valence-electron chi connectivity index (χ2n) is 7.16. The first-order valence-electron chi connectivity index (χ1n) is 9.80. The molecule has 1 aliphatic carbocycles. The Balaban J connectivity index is 1.37. The number of ether oxygens (including phenoxy) is 1. The zero-order valence-electron chi connectivity index (χ0n) is 16.7. The molecule has 2 amide bonds. The third kappa shape index (κ3) is 4.16. The fourth-order valence-electron chi connectivity index (χ4n) is 3.66. The van der Waals surface area contributed by atoms with Gasteiger partial charge < -0.3 is 20.3 Å². The van der Waals surface area contributed by atoms with E-state index in [1.165, 1.54) is 6.07 Å². The monoisotopic (exact) mass is 436 g/mol. The number of carbonyl (C=O) groups excluding carboxylic acids is 2. The largest absolute Gasteiger partial charge is 0.480 e. The molecule has 10 heteroatoms. The Morgan fingerprint density at radius 1 is 1.06 bits per heavy atom. The molecule has 0 radical (unpaired) electrons. The van der Waals surface area contributed by atoms with Crippen LogP contribution in [0.2, 0.25) is 0 Å². The highest BCUT2D eigenvalue weighted by molar-refractivity contribution is 5.96. The number of nitrogens with zero attached hydrogens (tertiary/aromatic N) is 1. The molecule has 10 nitrogen and oxygen atoms in total. The molecular weight excluding hydrogens is 416 g/mol. The van der Waals surface area contributed by atoms with Crippen LogP contribution in [0.1, 0.15) is 27.5 Å². The van der Waals surface area contributed by atoms with Crippen LogP contribution in [0.5, 0.6) is 0 Å². The summed E-state index contributed by atoms with van der Waals surface area (Å²) < 4.78 is 5.41. The van der Waals surface area contributed by atoms with Gasteiger partial charge in [-0.1, -0.05) is 48.5 Å². The zero-order chi connectivity index (χ0) is 22.7. The average Bonchev–Trinajstić information content (AvgIpc) is 3.38. The summed E-state index contributed by atoms with van der Waals surface area (Å²) in [6.45, 7) is -0.644. The van der Waals surface area contributed by atoms with Crippen molar-refractivity contribution < 1.29 is 29.3 Å². The number of aromatic amines is 1. The molecule has 0 bridgehead atoms. The number of carboxylic acid groups (broad SMARTS) is 1. The molecule has 1 atom stereocenters. The van der Waals surface area contributed by atoms with Crippen molar-refractivity contribution in [1.29, 1.82) is 0 Å². The fraction of sp³-hybridized carbons (Fsp3) is 0.182. The number of aliphatic hydroxyl groups excluding tert-OH is 1. The molecule has 3 aromatic rings. The van der Waals surface area contributed by atoms with E-state index in [1.54, 1.807) is 0 Å². The van der Waals surface area contributed by atoms with E-state index in [1.807, 2.05) is 48.5 Å². The second kappa shape index (κ2) is 8.90. The molecule has 1 aliphatic rings. The molecule has 0 saturated heterocycles. The summed E-state index contributed by atoms with van der Waals surface area (Å²) in [5, 5.41) is 28.6. The third-order valence-electron chi connectivity index (χ3n) is 5.18. The molecule has 0 spiro atoms. The number of aromatic nitrogens is 2. The lowest BCUT2D eigenvalue weighted by Gasteiger charge is -2.14. The van der Waals surface area contributed by atoms with Gasteiger partial charge in [-0.05, 0) is 22.3 Å². The maximum absolute atomic E-state index is 12.3. The lowest BCUT2D eigenvalue weighted by Crippen LogP contribution is -2.43. The predicted molar refractivity (Wildman–Crippen MR) is 113 cm³/mol. The number of aliphatic carboxylic acids is 1. The Hall–Kier alpha value is -4.18. The van der Waals surface area contributed by atoms with Crippen LogP contribution in [0.4, 0.5) is 10.6 Å². The van der Waals surface area contributed by atoms with Crippen molar-refractivity contribution in [2.75, 3.05) is 18.5 Å². The number of fused-ring (bicyclic) bond motifs is 3. The standard InChI is InChI=1S/C22H20N4O6/c27-10-18(21(29)30)23-20(28)17-9-19(26-25-17)24-22(31)32-11-16-14-7-3-1-5-12(14)13-6-2-4-8-15(13)16/h1-9,16,18,27H,10-11H2,(H,23,28)(H,29,30)(H2,24,25,26,31). The third-order valence-corrected chi connectivity index (χ3v) is 5.18. The number of amides is 2. The van der Waals surface area contributed by atoms with E-state index in [2.05, 4.69) is 20.8 Å². The van der Waals surface area contributed by atoms with Crippen LogP contribution in [0.15, 0.2) is 54.6 Å². The van der Waals surface area contributed by atoms with Crippen molar-refractivity contribution in [3.63, 3.8) is 0 Å². The van der Waals surface area contributed by atoms with Gasteiger partial charge in [0.1, 0.15) is 12.3 Å². The number of nitrogens with one attached hydrogen (secondary N) is 3. The first kappa shape index (κ1) is 21.1. The zero-order valence-corrected chi connectivity index (χ0v) is 16.7. The number of benzene rings is 2. The Labute approximate surface area is 182 Å². The average molecular weight is 436 g/mol. The first-order valence-corrected chi connectivity index (χ1v) is 9.80. The minimum absolute atomic E-state index is 0.0308. The molecule has 1 aromatic heterocycles. The van der Waals surface area contributed by atoms with E-state index in [4.69, 9.17) is 14.9 Å². The summed E-state index contributed by atoms with van der Waals surface area (Å²) in [6, 6.07) is 15.7. The Kier molecular flexibility index (Phi) is 5.86. The number of carbonyl (C=O) groups is 3. The number of anilines is 1. The molecular formula is C22H20N4O6. The lowest BCUT2D eigenvalue weighted by molar-refractivity contribution is -0.140. The van der Waals surface area contributed by atoms with Gasteiger partial charge in [-0.25, -0.2) is 9.59 Å². The predicted octanol–water partition coefficient (Wildman–Crippen LogP) is 1.95. The van der Waals surface area contributed by atoms with E-state index in [-0.39, 0.29) is 24.0 Å². The fourth-order valence-corrected chi connectivity index (χ4v) is 3.66. The number of carboxylic acids is 1. The minimum atomic E-state index is -1.45. The van der Waals surface area contributed by atoms with Crippen LogP contribution in [-0.4, -0.2) is 57.6 Å². The van der Waals surface area contributed by atoms with Gasteiger partial charge in [-0.15, -0.1) is 0 Å². The maximum atomic E-state index is 12.3. The molecule has 32 heavy (non-hydrogen) atoms. The quantitative estimate of drug-likeness (QED) is 0.379. The molecule has 5 N–H and O–H groups in total. The summed E-state index contributed by atoms with van der Waals surface area (Å²) in [7, 11) is 0. The summed E-state index contributed by atoms with van der Waals surface area (Å²) >= 11 is 0. The SMILES string of the molecule is O=C(Nc1cc(C(=O)NC(CO)C(=O)O)[nH]n1)OCC1c2ccccc2-c2ccccc21. The number of rotatable bonds is 7. The second-order valence-corrected chi connectivity index (χ2v) is 7.16. The highest BCUT2D eigenvalue weighted by atomic mass is 16.5. The highest BCUT2D eigenvalue weighted by Gasteiger charge is 2.29. The molecule has 2 aromatic carbocycles. The number of aliphatic hydroxyl groups is 1. The summed E-state index contributed by atoms with van der Waals surface area (Å²) in [5.41, 5.74) is 4.30. The lowest BCUT2D eigenvalue weighted by atomic mass is 9.98. The Morgan fingerprint density at radius 3 is 2.28 bits per heavy atom. The highest BCUT2D eigenvalue weighted by Crippen LogP contribution is 2.44. The number of hydrogen-bond acceptors (Lipinski definition) is 6. The van der Waals surface area contributed by atoms with Crippen LogP contribution in [0.25, 0.3) is 11.1 Å². The van der Waals surface area contributed by atoms with Crippen LogP contribution in [0.3, 0.4) is 0 Å². The molecule has 1 heterocycles. The molecule has 4 rings (SSSR count). The van der Waals surface area contributed by atoms with E-state index in [9.17, 15) is 14.4 Å². The molecule has 1 unspecified atom stereocenters. The van der Waals surface area contributed by atoms with Crippen LogP contribution < -0.4 is 10.6 Å². The van der Waals surface area contributed by atoms with Gasteiger partial charge in [0.2, 0.25) is 0 Å². The summed E-state index contributed by atoms with van der Waals surface area (Å²) in [6.07, 6.45) is -0.746. The van der Waals surface area contributed by atoms with Gasteiger partial charge in [0, 0.05) is 12.0 Å². The maximum Gasteiger partial charge on any atom is 0.412 e. The molecule has 164 valence electrons. The normalized spacial score (nSPS) is 13.0. The molecule has 0 aliphatic heterocycles. The molecule has 0 fully saturated rings. The van der Waals surface area contributed by atoms with E-state index < -0.39 is 30.6 Å². The van der Waals surface area contributed by atoms with Gasteiger partial charge in [-0.3, -0.25) is 15.2 Å². The Morgan fingerprint density at radius 2 is 1.69 bits per heavy atom. The van der Waals surface area contributed by atoms with Crippen molar-refractivity contribution in [1.82, 2.24) is 15.5 Å². The van der Waals surface area contributed by atoms with Crippen molar-refractivity contribution in [2.45, 2.75) is 12.0 Å². The van der Waals surface area contributed by atoms with Crippen molar-refractivity contribution in [3.05, 3.63) is 71.4 Å². The topological polar surface area (TPSA) is 154 Å². The smallest absolute Gasteiger partial charge is 0.412 e. The van der Waals surface area contributed by atoms with Crippen LogP contribution >= 0.6 is 0 Å². The van der Waals surface area contributed by atoms with Crippen LogP contribution in [-0.2, 0) is 9.53 Å². The number of hydrogen-bond donors (Lipinski definition) is 5. The van der Waals surface area contributed by atoms with E-state index in [0.717, 1.165) is 22.3 Å². The summed E-state index contributed by atoms with van der Waals surface area (Å²) in [5.74, 6) is -2.24. The van der Waals surface area contributed by atoms with Gasteiger partial charge in [0.05, 0.1) is 6.61 Å². The summed E-state index contributed by atoms with van der Waals surface area (Å²) in [4.78, 5) is 35.2. The van der Waals surface area contributed by atoms with Gasteiger partial charge >= 0.3 is 12.1 Å². The molecule has 0 saturated carbocycles. The van der Waals surface area contributed by atoms with Crippen LogP contribution in [0, 0.1) is 0 Å². The van der Waals surface area contributed by atoms with Gasteiger partial charge in [0.15, 0.2) is 11.9 Å². The number of H-pyrrole nitrogens is 1. The van der Waals surface area contributed by atoms with Crippen molar-refractivity contribution in [3.8, 4) is 11.1 Å². The minimum Gasteiger partial charge on any atom is -0.480 e. The van der Waals surface area contributed by atoms with Gasteiger partial charge in [0.25, 0.3) is 5.91 Å². The van der Waals surface area contributed by atoms with Crippen molar-refractivity contribution >= 4 is 23.8 Å². The Bertz CT molecular complexity index is 1130.